The Bertz CT molecular complexity index is 476. The molecule has 1 atom stereocenters. The molecule has 1 aromatic carbocycles. The average Bonchev–Trinajstić information content (AvgIpc) is 2.93. The molecule has 4 heteroatoms. The lowest BCUT2D eigenvalue weighted by molar-refractivity contribution is -0.134. The molecule has 2 rings (SSSR count). The zero-order chi connectivity index (χ0) is 13.7. The van der Waals surface area contributed by atoms with E-state index in [1.165, 1.54) is 0 Å². The largest absolute Gasteiger partial charge is 0.484 e. The van der Waals surface area contributed by atoms with Crippen molar-refractivity contribution in [2.75, 3.05) is 13.2 Å². The normalized spacial score (nSPS) is 18.1. The van der Waals surface area contributed by atoms with Crippen LogP contribution in [0.3, 0.4) is 0 Å². The van der Waals surface area contributed by atoms with Gasteiger partial charge in [-0.3, -0.25) is 4.79 Å². The lowest BCUT2D eigenvalue weighted by Gasteiger charge is -2.23. The number of nitrogens with zero attached hydrogens (tertiary/aromatic N) is 2. The molecule has 19 heavy (non-hydrogen) atoms. The van der Waals surface area contributed by atoms with Crippen molar-refractivity contribution < 1.29 is 9.53 Å². The number of nitriles is 1. The van der Waals surface area contributed by atoms with E-state index in [1.807, 2.05) is 11.0 Å². The van der Waals surface area contributed by atoms with Crippen LogP contribution in [0.4, 0.5) is 0 Å². The Morgan fingerprint density at radius 3 is 2.84 bits per heavy atom. The van der Waals surface area contributed by atoms with Crippen LogP contribution in [-0.2, 0) is 4.79 Å². The van der Waals surface area contributed by atoms with Gasteiger partial charge in [-0.25, -0.2) is 0 Å². The molecule has 1 aliphatic rings. The number of hydrogen-bond acceptors (Lipinski definition) is 3. The van der Waals surface area contributed by atoms with E-state index in [2.05, 4.69) is 6.92 Å². The lowest BCUT2D eigenvalue weighted by atomic mass is 10.2. The third-order valence-electron chi connectivity index (χ3n) is 3.51. The first-order chi connectivity index (χ1) is 9.24. The van der Waals surface area contributed by atoms with E-state index in [4.69, 9.17) is 10.00 Å². The number of carbonyl (C=O) groups excluding carboxylic acids is 1. The molecule has 1 fully saturated rings. The summed E-state index contributed by atoms with van der Waals surface area (Å²) in [6.45, 7) is 3.02. The van der Waals surface area contributed by atoms with Crippen LogP contribution in [0.25, 0.3) is 0 Å². The lowest BCUT2D eigenvalue weighted by Crippen LogP contribution is -2.38. The predicted molar refractivity (Wildman–Crippen MR) is 71.7 cm³/mol. The smallest absolute Gasteiger partial charge is 0.260 e. The number of hydrogen-bond donors (Lipinski definition) is 0. The molecule has 1 aliphatic heterocycles. The van der Waals surface area contributed by atoms with Crippen molar-refractivity contribution in [3.63, 3.8) is 0 Å². The van der Waals surface area contributed by atoms with E-state index in [9.17, 15) is 4.79 Å². The highest BCUT2D eigenvalue weighted by molar-refractivity contribution is 5.78. The third kappa shape index (κ3) is 3.25. The molecule has 1 saturated heterocycles. The van der Waals surface area contributed by atoms with E-state index >= 15 is 0 Å². The van der Waals surface area contributed by atoms with Crippen LogP contribution in [0.2, 0.25) is 0 Å². The van der Waals surface area contributed by atoms with E-state index in [1.54, 1.807) is 24.3 Å². The van der Waals surface area contributed by atoms with Crippen LogP contribution in [0.1, 0.15) is 31.7 Å². The van der Waals surface area contributed by atoms with Gasteiger partial charge in [0.1, 0.15) is 5.75 Å². The van der Waals surface area contributed by atoms with Crippen LogP contribution >= 0.6 is 0 Å². The SMILES string of the molecule is CCC1CCCN1C(=O)COc1ccc(C#N)cc1. The van der Waals surface area contributed by atoms with Crippen LogP contribution in [0.15, 0.2) is 24.3 Å². The quantitative estimate of drug-likeness (QED) is 0.833. The number of likely N-dealkylation sites (tertiary alicyclic amines) is 1. The molecular formula is C15H18N2O2. The Kier molecular flexibility index (Phi) is 4.40. The van der Waals surface area contributed by atoms with Gasteiger partial charge in [-0.2, -0.15) is 5.26 Å². The molecule has 0 spiro atoms. The topological polar surface area (TPSA) is 53.3 Å². The monoisotopic (exact) mass is 258 g/mol. The molecule has 1 heterocycles. The summed E-state index contributed by atoms with van der Waals surface area (Å²) in [6.07, 6.45) is 3.18. The molecule has 1 amide bonds. The van der Waals surface area contributed by atoms with Gasteiger partial charge in [-0.1, -0.05) is 6.92 Å². The van der Waals surface area contributed by atoms with Gasteiger partial charge in [-0.05, 0) is 43.5 Å². The highest BCUT2D eigenvalue weighted by atomic mass is 16.5. The van der Waals surface area contributed by atoms with Crippen LogP contribution < -0.4 is 4.74 Å². The van der Waals surface area contributed by atoms with Gasteiger partial charge in [0.25, 0.3) is 5.91 Å². The maximum absolute atomic E-state index is 12.1. The van der Waals surface area contributed by atoms with Gasteiger partial charge < -0.3 is 9.64 Å². The highest BCUT2D eigenvalue weighted by Crippen LogP contribution is 2.20. The third-order valence-corrected chi connectivity index (χ3v) is 3.51. The van der Waals surface area contributed by atoms with E-state index in [0.717, 1.165) is 25.8 Å². The number of amides is 1. The molecule has 1 unspecified atom stereocenters. The molecular weight excluding hydrogens is 240 g/mol. The molecule has 0 saturated carbocycles. The van der Waals surface area contributed by atoms with Crippen molar-refractivity contribution in [1.82, 2.24) is 4.90 Å². The molecule has 100 valence electrons. The molecule has 0 bridgehead atoms. The number of carbonyl (C=O) groups is 1. The summed E-state index contributed by atoms with van der Waals surface area (Å²) < 4.78 is 5.47. The van der Waals surface area contributed by atoms with Crippen LogP contribution in [0.5, 0.6) is 5.75 Å². The Balaban J connectivity index is 1.87. The predicted octanol–water partition coefficient (Wildman–Crippen LogP) is 2.34. The van der Waals surface area contributed by atoms with E-state index in [-0.39, 0.29) is 12.5 Å². The Morgan fingerprint density at radius 2 is 2.21 bits per heavy atom. The average molecular weight is 258 g/mol. The second-order valence-electron chi connectivity index (χ2n) is 4.72. The summed E-state index contributed by atoms with van der Waals surface area (Å²) in [4.78, 5) is 14.0. The summed E-state index contributed by atoms with van der Waals surface area (Å²) in [5, 5.41) is 8.69. The number of rotatable bonds is 4. The maximum Gasteiger partial charge on any atom is 0.260 e. The minimum absolute atomic E-state index is 0.0497. The molecule has 0 N–H and O–H groups in total. The van der Waals surface area contributed by atoms with Gasteiger partial charge in [0.05, 0.1) is 11.6 Å². The summed E-state index contributed by atoms with van der Waals surface area (Å²) in [5.41, 5.74) is 0.587. The van der Waals surface area contributed by atoms with Gasteiger partial charge in [0.15, 0.2) is 6.61 Å². The summed E-state index contributed by atoms with van der Waals surface area (Å²) in [6, 6.07) is 9.22. The second kappa shape index (κ2) is 6.24. The van der Waals surface area contributed by atoms with Gasteiger partial charge in [-0.15, -0.1) is 0 Å². The first-order valence-electron chi connectivity index (χ1n) is 6.67. The standard InChI is InChI=1S/C15H18N2O2/c1-2-13-4-3-9-17(13)15(18)11-19-14-7-5-12(10-16)6-8-14/h5-8,13H,2-4,9,11H2,1H3. The molecule has 1 aromatic rings. The van der Waals surface area contributed by atoms with Crippen molar-refractivity contribution in [2.45, 2.75) is 32.2 Å². The van der Waals surface area contributed by atoms with Gasteiger partial charge in [0, 0.05) is 12.6 Å². The van der Waals surface area contributed by atoms with Crippen molar-refractivity contribution in [3.05, 3.63) is 29.8 Å². The van der Waals surface area contributed by atoms with Crippen LogP contribution in [0, 0.1) is 11.3 Å². The maximum atomic E-state index is 12.1. The Labute approximate surface area is 113 Å². The van der Waals surface area contributed by atoms with Crippen molar-refractivity contribution >= 4 is 5.91 Å². The molecule has 0 radical (unpaired) electrons. The van der Waals surface area contributed by atoms with Gasteiger partial charge in [0.2, 0.25) is 0 Å². The van der Waals surface area contributed by atoms with Crippen molar-refractivity contribution in [3.8, 4) is 11.8 Å². The summed E-state index contributed by atoms with van der Waals surface area (Å²) in [7, 11) is 0. The zero-order valence-corrected chi connectivity index (χ0v) is 11.1. The molecule has 0 aliphatic carbocycles. The number of ether oxygens (including phenoxy) is 1. The van der Waals surface area contributed by atoms with Crippen LogP contribution in [-0.4, -0.2) is 30.0 Å². The number of benzene rings is 1. The fraction of sp³-hybridized carbons (Fsp3) is 0.467. The second-order valence-corrected chi connectivity index (χ2v) is 4.72. The Morgan fingerprint density at radius 1 is 1.47 bits per heavy atom. The minimum Gasteiger partial charge on any atom is -0.484 e. The van der Waals surface area contributed by atoms with Crippen molar-refractivity contribution in [2.24, 2.45) is 0 Å². The Hall–Kier alpha value is -2.02. The zero-order valence-electron chi connectivity index (χ0n) is 11.1. The minimum atomic E-state index is 0.0497. The van der Waals surface area contributed by atoms with Gasteiger partial charge >= 0.3 is 0 Å². The summed E-state index contributed by atoms with van der Waals surface area (Å²) >= 11 is 0. The summed E-state index contributed by atoms with van der Waals surface area (Å²) in [5.74, 6) is 0.674. The van der Waals surface area contributed by atoms with E-state index < -0.39 is 0 Å². The van der Waals surface area contributed by atoms with Crippen molar-refractivity contribution in [1.29, 1.82) is 5.26 Å². The van der Waals surface area contributed by atoms with E-state index in [0.29, 0.717) is 17.4 Å². The molecule has 0 aromatic heterocycles. The first kappa shape index (κ1) is 13.4. The fourth-order valence-electron chi connectivity index (χ4n) is 2.44. The fourth-order valence-corrected chi connectivity index (χ4v) is 2.44. The molecule has 4 nitrogen and oxygen atoms in total. The first-order valence-corrected chi connectivity index (χ1v) is 6.67. The highest BCUT2D eigenvalue weighted by Gasteiger charge is 2.27.